The molecule has 0 bridgehead atoms. The van der Waals surface area contributed by atoms with Crippen LogP contribution in [0.2, 0.25) is 0 Å². The summed E-state index contributed by atoms with van der Waals surface area (Å²) in [7, 11) is 1.44. The van der Waals surface area contributed by atoms with Gasteiger partial charge in [-0.1, -0.05) is 142 Å². The summed E-state index contributed by atoms with van der Waals surface area (Å²) in [4.78, 5) is 24.4. The summed E-state index contributed by atoms with van der Waals surface area (Å²) in [6, 6.07) is 0. The molecular weight excluding hydrogens is 484 g/mol. The van der Waals surface area contributed by atoms with E-state index in [4.69, 9.17) is 9.47 Å². The summed E-state index contributed by atoms with van der Waals surface area (Å²) in [5.41, 5.74) is 0. The molecule has 0 unspecified atom stereocenters. The second-order valence-corrected chi connectivity index (χ2v) is 11.6. The van der Waals surface area contributed by atoms with Gasteiger partial charge in [-0.05, 0) is 44.9 Å². The highest BCUT2D eigenvalue weighted by molar-refractivity contribution is 5.74. The van der Waals surface area contributed by atoms with Crippen molar-refractivity contribution >= 4 is 11.9 Å². The van der Waals surface area contributed by atoms with Crippen molar-refractivity contribution in [2.24, 2.45) is 5.92 Å². The van der Waals surface area contributed by atoms with E-state index in [1.165, 1.54) is 130 Å². The van der Waals surface area contributed by atoms with Gasteiger partial charge in [-0.25, -0.2) is 0 Å². The Morgan fingerprint density at radius 3 is 1.38 bits per heavy atom. The average molecular weight is 551 g/mol. The van der Waals surface area contributed by atoms with Crippen LogP contribution in [0.1, 0.15) is 181 Å². The lowest BCUT2D eigenvalue weighted by atomic mass is 9.91. The molecule has 230 valence electrons. The van der Waals surface area contributed by atoms with Gasteiger partial charge in [0.1, 0.15) is 6.10 Å². The van der Waals surface area contributed by atoms with E-state index < -0.39 is 0 Å². The van der Waals surface area contributed by atoms with Gasteiger partial charge in [-0.2, -0.15) is 0 Å². The second kappa shape index (κ2) is 29.7. The van der Waals surface area contributed by atoms with E-state index in [0.29, 0.717) is 0 Å². The Morgan fingerprint density at radius 2 is 0.949 bits per heavy atom. The molecule has 0 N–H and O–H groups in total. The summed E-state index contributed by atoms with van der Waals surface area (Å²) in [6.45, 7) is 5.97. The molecule has 0 spiro atoms. The Morgan fingerprint density at radius 1 is 0.564 bits per heavy atom. The number of carbonyl (C=O) groups is 2. The molecule has 0 aliphatic carbocycles. The molecule has 0 aromatic heterocycles. The number of hydrogen-bond donors (Lipinski definition) is 0. The van der Waals surface area contributed by atoms with Crippen LogP contribution < -0.4 is 0 Å². The number of unbranched alkanes of at least 4 members (excludes halogenated alkanes) is 20. The Labute approximate surface area is 243 Å². The molecule has 0 heterocycles. The number of rotatable bonds is 29. The van der Waals surface area contributed by atoms with Gasteiger partial charge in [0.15, 0.2) is 0 Å². The van der Waals surface area contributed by atoms with Crippen molar-refractivity contribution in [3.8, 4) is 0 Å². The summed E-state index contributed by atoms with van der Waals surface area (Å²) < 4.78 is 10.8. The Hall–Kier alpha value is -1.32. The first-order valence-corrected chi connectivity index (χ1v) is 17.0. The molecule has 0 radical (unpaired) electrons. The minimum Gasteiger partial charge on any atom is -0.469 e. The highest BCUT2D eigenvalue weighted by Crippen LogP contribution is 2.24. The first kappa shape index (κ1) is 37.7. The van der Waals surface area contributed by atoms with Crippen LogP contribution in [0.3, 0.4) is 0 Å². The molecule has 0 rings (SSSR count). The van der Waals surface area contributed by atoms with Crippen molar-refractivity contribution in [1.82, 2.24) is 0 Å². The second-order valence-electron chi connectivity index (χ2n) is 11.6. The van der Waals surface area contributed by atoms with Crippen LogP contribution in [-0.4, -0.2) is 25.2 Å². The van der Waals surface area contributed by atoms with Crippen molar-refractivity contribution in [3.05, 3.63) is 12.2 Å². The summed E-state index contributed by atoms with van der Waals surface area (Å²) >= 11 is 0. The molecule has 4 heteroatoms. The van der Waals surface area contributed by atoms with Gasteiger partial charge in [0.25, 0.3) is 0 Å². The minimum absolute atomic E-state index is 0.234. The highest BCUT2D eigenvalue weighted by atomic mass is 16.6. The third kappa shape index (κ3) is 25.4. The lowest BCUT2D eigenvalue weighted by molar-refractivity contribution is -0.160. The molecule has 0 aliphatic heterocycles. The first-order chi connectivity index (χ1) is 19.1. The molecule has 0 aliphatic rings. The van der Waals surface area contributed by atoms with E-state index in [1.54, 1.807) is 0 Å². The van der Waals surface area contributed by atoms with Crippen LogP contribution in [-0.2, 0) is 19.1 Å². The fourth-order valence-electron chi connectivity index (χ4n) is 5.43. The monoisotopic (exact) mass is 550 g/mol. The molecule has 0 aromatic rings. The van der Waals surface area contributed by atoms with Crippen molar-refractivity contribution < 1.29 is 19.1 Å². The lowest BCUT2D eigenvalue weighted by Gasteiger charge is -2.25. The normalized spacial score (nSPS) is 13.0. The van der Waals surface area contributed by atoms with Crippen molar-refractivity contribution in [3.63, 3.8) is 0 Å². The quantitative estimate of drug-likeness (QED) is 0.0528. The van der Waals surface area contributed by atoms with E-state index in [1.807, 2.05) is 0 Å². The zero-order valence-electron chi connectivity index (χ0n) is 26.6. The highest BCUT2D eigenvalue weighted by Gasteiger charge is 2.30. The Balaban J connectivity index is 4.15. The number of carbonyl (C=O) groups excluding carboxylic acids is 2. The van der Waals surface area contributed by atoms with E-state index in [0.717, 1.165) is 44.9 Å². The first-order valence-electron chi connectivity index (χ1n) is 17.0. The maximum atomic E-state index is 12.6. The number of ether oxygens (including phenoxy) is 2. The fraction of sp³-hybridized carbons (Fsp3) is 0.886. The Kier molecular flexibility index (Phi) is 28.7. The molecular formula is C35H66O4. The summed E-state index contributed by atoms with van der Waals surface area (Å²) in [5.74, 6) is -0.883. The van der Waals surface area contributed by atoms with Crippen LogP contribution >= 0.6 is 0 Å². The van der Waals surface area contributed by atoms with Crippen molar-refractivity contribution in [2.45, 2.75) is 187 Å². The third-order valence-electron chi connectivity index (χ3n) is 7.89. The Bertz CT molecular complexity index is 571. The van der Waals surface area contributed by atoms with E-state index in [-0.39, 0.29) is 24.0 Å². The SMILES string of the molecule is CCCCCCC=CCCCCCC[C@@H](C(=O)OC)[C@H](CCCCCCCCCCCCCCC)OC(C)=O. The number of allylic oxidation sites excluding steroid dienone is 2. The van der Waals surface area contributed by atoms with Crippen molar-refractivity contribution in [2.75, 3.05) is 7.11 Å². The van der Waals surface area contributed by atoms with Crippen LogP contribution in [0, 0.1) is 5.92 Å². The van der Waals surface area contributed by atoms with E-state index in [2.05, 4.69) is 26.0 Å². The minimum atomic E-state index is -0.363. The van der Waals surface area contributed by atoms with Crippen LogP contribution in [0.15, 0.2) is 12.2 Å². The average Bonchev–Trinajstić information content (AvgIpc) is 2.92. The van der Waals surface area contributed by atoms with Gasteiger partial charge >= 0.3 is 11.9 Å². The topological polar surface area (TPSA) is 52.6 Å². The molecule has 0 amide bonds. The zero-order chi connectivity index (χ0) is 28.8. The maximum absolute atomic E-state index is 12.6. The van der Waals surface area contributed by atoms with Crippen LogP contribution in [0.5, 0.6) is 0 Å². The van der Waals surface area contributed by atoms with Gasteiger partial charge in [0, 0.05) is 6.92 Å². The number of hydrogen-bond acceptors (Lipinski definition) is 4. The molecule has 39 heavy (non-hydrogen) atoms. The number of esters is 2. The molecule has 4 nitrogen and oxygen atoms in total. The largest absolute Gasteiger partial charge is 0.469 e. The van der Waals surface area contributed by atoms with Crippen LogP contribution in [0.25, 0.3) is 0 Å². The third-order valence-corrected chi connectivity index (χ3v) is 7.89. The van der Waals surface area contributed by atoms with Gasteiger partial charge in [-0.3, -0.25) is 9.59 Å². The molecule has 0 saturated heterocycles. The summed E-state index contributed by atoms with van der Waals surface area (Å²) in [5, 5.41) is 0. The van der Waals surface area contributed by atoms with E-state index >= 15 is 0 Å². The predicted octanol–water partition coefficient (Wildman–Crippen LogP) is 11.1. The standard InChI is InChI=1S/C35H66O4/c1-5-7-9-11-13-15-17-19-21-23-25-27-29-31-34(39-32(3)36)33(35(37)38-4)30-28-26-24-22-20-18-16-14-12-10-8-6-2/h16,18,33-34H,5-15,17,19-31H2,1-4H3/t33-,34+/m1/s1. The fourth-order valence-corrected chi connectivity index (χ4v) is 5.43. The van der Waals surface area contributed by atoms with E-state index in [9.17, 15) is 9.59 Å². The zero-order valence-corrected chi connectivity index (χ0v) is 26.6. The van der Waals surface area contributed by atoms with Gasteiger partial charge < -0.3 is 9.47 Å². The maximum Gasteiger partial charge on any atom is 0.312 e. The molecule has 0 fully saturated rings. The smallest absolute Gasteiger partial charge is 0.312 e. The van der Waals surface area contributed by atoms with Gasteiger partial charge in [0.2, 0.25) is 0 Å². The van der Waals surface area contributed by atoms with Gasteiger partial charge in [-0.15, -0.1) is 0 Å². The molecule has 0 saturated carbocycles. The molecule has 2 atom stereocenters. The predicted molar refractivity (Wildman–Crippen MR) is 167 cm³/mol. The number of methoxy groups -OCH3 is 1. The van der Waals surface area contributed by atoms with Crippen LogP contribution in [0.4, 0.5) is 0 Å². The lowest BCUT2D eigenvalue weighted by Crippen LogP contribution is -2.33. The van der Waals surface area contributed by atoms with Crippen molar-refractivity contribution in [1.29, 1.82) is 0 Å². The summed E-state index contributed by atoms with van der Waals surface area (Å²) in [6.07, 6.45) is 34.8. The molecule has 0 aromatic carbocycles. The van der Waals surface area contributed by atoms with Gasteiger partial charge in [0.05, 0.1) is 13.0 Å².